The average molecular weight is 403 g/mol. The number of phenolic OH excluding ortho intramolecular Hbond substituents is 1. The van der Waals surface area contributed by atoms with Gasteiger partial charge in [0.25, 0.3) is 0 Å². The molecule has 1 aliphatic rings. The van der Waals surface area contributed by atoms with Crippen molar-refractivity contribution in [3.63, 3.8) is 0 Å². The summed E-state index contributed by atoms with van der Waals surface area (Å²) >= 11 is 0. The van der Waals surface area contributed by atoms with Crippen LogP contribution in [0.1, 0.15) is 39.0 Å². The van der Waals surface area contributed by atoms with E-state index < -0.39 is 0 Å². The summed E-state index contributed by atoms with van der Waals surface area (Å²) in [5, 5.41) is 17.7. The largest absolute Gasteiger partial charge is 0.506 e. The van der Waals surface area contributed by atoms with Crippen molar-refractivity contribution in [2.45, 2.75) is 44.6 Å². The maximum absolute atomic E-state index is 13.2. The number of rotatable bonds is 4. The molecule has 1 heterocycles. The average Bonchev–Trinajstić information content (AvgIpc) is 2.65. The molecule has 0 bridgehead atoms. The number of hydrogen-bond acceptors (Lipinski definition) is 5. The molecule has 0 aliphatic heterocycles. The molecule has 0 saturated heterocycles. The number of aromatic hydroxyl groups is 1. The molecule has 148 valence electrons. The molecule has 2 aromatic carbocycles. The summed E-state index contributed by atoms with van der Waals surface area (Å²) in [6.45, 7) is 2.19. The molecule has 0 unspecified atom stereocenters. The number of fused-ring (bicyclic) bond motifs is 1. The van der Waals surface area contributed by atoms with E-state index in [2.05, 4.69) is 27.5 Å². The Morgan fingerprint density at radius 3 is 2.43 bits per heavy atom. The lowest BCUT2D eigenvalue weighted by Crippen LogP contribution is -2.37. The molecule has 0 radical (unpaired) electrons. The first-order chi connectivity index (χ1) is 13.0. The van der Waals surface area contributed by atoms with Gasteiger partial charge in [-0.1, -0.05) is 25.3 Å². The second kappa shape index (κ2) is 8.19. The number of halogens is 2. The van der Waals surface area contributed by atoms with E-state index in [-0.39, 0.29) is 29.5 Å². The van der Waals surface area contributed by atoms with Gasteiger partial charge in [0, 0.05) is 16.6 Å². The van der Waals surface area contributed by atoms with Gasteiger partial charge >= 0.3 is 0 Å². The lowest BCUT2D eigenvalue weighted by molar-refractivity contribution is 0.347. The predicted octanol–water partition coefficient (Wildman–Crippen LogP) is 5.77. The molecule has 4 rings (SSSR count). The Bertz CT molecular complexity index is 959. The number of hydrogen-bond donors (Lipinski definition) is 3. The fraction of sp³-hybridized carbons (Fsp3) is 0.333. The summed E-state index contributed by atoms with van der Waals surface area (Å²) in [5.74, 6) is 0.870. The minimum atomic E-state index is -0.293. The summed E-state index contributed by atoms with van der Waals surface area (Å²) in [4.78, 5) is 9.22. The molecule has 0 spiro atoms. The van der Waals surface area contributed by atoms with Gasteiger partial charge in [0.15, 0.2) is 0 Å². The highest BCUT2D eigenvalue weighted by atomic mass is 35.5. The standard InChI is InChI=1S/C21H23FN4O.ClH/c1-21(12-3-2-4-13-21)26-20-24-18-16(6-5-7-17(18)27)19(25-20)23-15-10-8-14(22)9-11-15;/h5-11,27H,2-4,12-13H2,1H3,(H2,23,24,25,26);1H. The molecule has 1 aromatic heterocycles. The number of benzene rings is 2. The Balaban J connectivity index is 0.00000225. The topological polar surface area (TPSA) is 70.1 Å². The van der Waals surface area contributed by atoms with Crippen LogP contribution in [-0.2, 0) is 0 Å². The molecule has 3 aromatic rings. The zero-order valence-electron chi connectivity index (χ0n) is 15.7. The second-order valence-corrected chi connectivity index (χ2v) is 7.45. The van der Waals surface area contributed by atoms with Crippen molar-refractivity contribution < 1.29 is 9.50 Å². The Hall–Kier alpha value is -2.60. The van der Waals surface area contributed by atoms with E-state index in [1.165, 1.54) is 31.4 Å². The van der Waals surface area contributed by atoms with Gasteiger partial charge in [0.1, 0.15) is 22.9 Å². The van der Waals surface area contributed by atoms with Crippen LogP contribution in [0.2, 0.25) is 0 Å². The van der Waals surface area contributed by atoms with Crippen LogP contribution < -0.4 is 10.6 Å². The van der Waals surface area contributed by atoms with Crippen LogP contribution in [0.4, 0.5) is 21.8 Å². The van der Waals surface area contributed by atoms with Gasteiger partial charge in [-0.15, -0.1) is 12.4 Å². The zero-order valence-corrected chi connectivity index (χ0v) is 16.5. The van der Waals surface area contributed by atoms with Gasteiger partial charge in [-0.05, 0) is 56.2 Å². The van der Waals surface area contributed by atoms with Gasteiger partial charge in [-0.25, -0.2) is 9.37 Å². The monoisotopic (exact) mass is 402 g/mol. The quantitative estimate of drug-likeness (QED) is 0.516. The number of aromatic nitrogens is 2. The van der Waals surface area contributed by atoms with Crippen LogP contribution >= 0.6 is 12.4 Å². The molecular formula is C21H24ClFN4O. The number of anilines is 3. The van der Waals surface area contributed by atoms with Crippen molar-refractivity contribution in [2.75, 3.05) is 10.6 Å². The van der Waals surface area contributed by atoms with E-state index in [1.807, 2.05) is 6.07 Å². The molecular weight excluding hydrogens is 379 g/mol. The highest BCUT2D eigenvalue weighted by molar-refractivity contribution is 5.95. The van der Waals surface area contributed by atoms with Crippen molar-refractivity contribution in [1.82, 2.24) is 9.97 Å². The van der Waals surface area contributed by atoms with Crippen molar-refractivity contribution in [3.05, 3.63) is 48.3 Å². The first-order valence-electron chi connectivity index (χ1n) is 9.33. The summed E-state index contributed by atoms with van der Waals surface area (Å²) in [6.07, 6.45) is 5.76. The van der Waals surface area contributed by atoms with Crippen LogP contribution in [0.25, 0.3) is 10.9 Å². The highest BCUT2D eigenvalue weighted by Gasteiger charge is 2.27. The van der Waals surface area contributed by atoms with Crippen LogP contribution in [0.5, 0.6) is 5.75 Å². The fourth-order valence-corrected chi connectivity index (χ4v) is 3.69. The van der Waals surface area contributed by atoms with E-state index in [0.717, 1.165) is 18.5 Å². The third kappa shape index (κ3) is 4.28. The molecule has 28 heavy (non-hydrogen) atoms. The molecule has 1 aliphatic carbocycles. The summed E-state index contributed by atoms with van der Waals surface area (Å²) in [5.41, 5.74) is 1.15. The normalized spacial score (nSPS) is 15.6. The van der Waals surface area contributed by atoms with E-state index >= 15 is 0 Å². The van der Waals surface area contributed by atoms with Crippen molar-refractivity contribution in [3.8, 4) is 5.75 Å². The number of nitrogens with one attached hydrogen (secondary N) is 2. The molecule has 1 saturated carbocycles. The van der Waals surface area contributed by atoms with Crippen LogP contribution in [-0.4, -0.2) is 20.6 Å². The van der Waals surface area contributed by atoms with E-state index in [4.69, 9.17) is 0 Å². The molecule has 0 atom stereocenters. The second-order valence-electron chi connectivity index (χ2n) is 7.45. The maximum Gasteiger partial charge on any atom is 0.225 e. The van der Waals surface area contributed by atoms with Gasteiger partial charge in [0.05, 0.1) is 0 Å². The summed E-state index contributed by atoms with van der Waals surface area (Å²) < 4.78 is 13.2. The molecule has 5 nitrogen and oxygen atoms in total. The summed E-state index contributed by atoms with van der Waals surface area (Å²) in [7, 11) is 0. The van der Waals surface area contributed by atoms with Crippen molar-refractivity contribution in [1.29, 1.82) is 0 Å². The van der Waals surface area contributed by atoms with Crippen LogP contribution in [0, 0.1) is 5.82 Å². The lowest BCUT2D eigenvalue weighted by atomic mass is 9.83. The number of nitrogens with zero attached hydrogens (tertiary/aromatic N) is 2. The highest BCUT2D eigenvalue weighted by Crippen LogP contribution is 2.34. The fourth-order valence-electron chi connectivity index (χ4n) is 3.69. The van der Waals surface area contributed by atoms with Gasteiger partial charge in [-0.2, -0.15) is 4.98 Å². The third-order valence-electron chi connectivity index (χ3n) is 5.18. The molecule has 0 amide bonds. The van der Waals surface area contributed by atoms with E-state index in [0.29, 0.717) is 22.7 Å². The number of phenols is 1. The Morgan fingerprint density at radius 1 is 1.00 bits per heavy atom. The first-order valence-corrected chi connectivity index (χ1v) is 9.33. The number of para-hydroxylation sites is 1. The van der Waals surface area contributed by atoms with Crippen LogP contribution in [0.3, 0.4) is 0 Å². The predicted molar refractivity (Wildman–Crippen MR) is 113 cm³/mol. The Morgan fingerprint density at radius 2 is 1.71 bits per heavy atom. The zero-order chi connectivity index (χ0) is 18.9. The van der Waals surface area contributed by atoms with E-state index in [9.17, 15) is 9.50 Å². The Labute approximate surface area is 169 Å². The third-order valence-corrected chi connectivity index (χ3v) is 5.18. The maximum atomic E-state index is 13.2. The van der Waals surface area contributed by atoms with E-state index in [1.54, 1.807) is 24.3 Å². The molecule has 7 heteroatoms. The smallest absolute Gasteiger partial charge is 0.225 e. The van der Waals surface area contributed by atoms with Gasteiger partial charge in [0.2, 0.25) is 5.95 Å². The molecule has 1 fully saturated rings. The van der Waals surface area contributed by atoms with Crippen LogP contribution in [0.15, 0.2) is 42.5 Å². The summed E-state index contributed by atoms with van der Waals surface area (Å²) in [6, 6.07) is 11.3. The van der Waals surface area contributed by atoms with Crippen molar-refractivity contribution >= 4 is 40.8 Å². The lowest BCUT2D eigenvalue weighted by Gasteiger charge is -2.34. The first kappa shape index (κ1) is 20.1. The SMILES string of the molecule is CC1(Nc2nc(Nc3ccc(F)cc3)c3cccc(O)c3n2)CCCCC1.Cl. The minimum Gasteiger partial charge on any atom is -0.506 e. The molecule has 3 N–H and O–H groups in total. The minimum absolute atomic E-state index is 0. The van der Waals surface area contributed by atoms with Gasteiger partial charge < -0.3 is 15.7 Å². The van der Waals surface area contributed by atoms with Gasteiger partial charge in [-0.3, -0.25) is 0 Å². The van der Waals surface area contributed by atoms with Crippen molar-refractivity contribution in [2.24, 2.45) is 0 Å². The Kier molecular flexibility index (Phi) is 5.89.